The SMILES string of the molecule is Cc1cc(C(F)(F)F)cc([N+](=O)[O-])c1C(C#N)C(=O)OCc1ccccc1. The molecule has 0 radical (unpaired) electrons. The van der Waals surface area contributed by atoms with Gasteiger partial charge in [-0.3, -0.25) is 14.9 Å². The Balaban J connectivity index is 2.39. The minimum absolute atomic E-state index is 0.175. The summed E-state index contributed by atoms with van der Waals surface area (Å²) < 4.78 is 43.8. The number of carbonyl (C=O) groups is 1. The molecule has 0 saturated carbocycles. The third kappa shape index (κ3) is 4.61. The number of halogens is 3. The van der Waals surface area contributed by atoms with Crippen LogP contribution in [0.2, 0.25) is 0 Å². The predicted molar refractivity (Wildman–Crippen MR) is 87.4 cm³/mol. The number of ether oxygens (including phenoxy) is 1. The topological polar surface area (TPSA) is 93.2 Å². The number of carbonyl (C=O) groups excluding carboxylic acids is 1. The van der Waals surface area contributed by atoms with E-state index in [0.717, 1.165) is 0 Å². The van der Waals surface area contributed by atoms with Crippen molar-refractivity contribution < 1.29 is 27.6 Å². The maximum Gasteiger partial charge on any atom is 0.416 e. The van der Waals surface area contributed by atoms with E-state index in [2.05, 4.69) is 0 Å². The number of hydrogen-bond acceptors (Lipinski definition) is 5. The van der Waals surface area contributed by atoms with E-state index in [1.54, 1.807) is 36.4 Å². The highest BCUT2D eigenvalue weighted by Gasteiger charge is 2.37. The molecule has 27 heavy (non-hydrogen) atoms. The lowest BCUT2D eigenvalue weighted by Gasteiger charge is -2.15. The zero-order chi connectivity index (χ0) is 20.2. The Morgan fingerprint density at radius 3 is 2.44 bits per heavy atom. The fourth-order valence-corrected chi connectivity index (χ4v) is 2.52. The first-order chi connectivity index (χ1) is 12.6. The second kappa shape index (κ2) is 7.86. The van der Waals surface area contributed by atoms with E-state index >= 15 is 0 Å². The van der Waals surface area contributed by atoms with Crippen molar-refractivity contribution in [1.82, 2.24) is 0 Å². The molecule has 0 heterocycles. The number of nitro benzene ring substituents is 1. The zero-order valence-electron chi connectivity index (χ0n) is 14.0. The van der Waals surface area contributed by atoms with Crippen molar-refractivity contribution in [3.05, 3.63) is 74.8 Å². The summed E-state index contributed by atoms with van der Waals surface area (Å²) in [5.74, 6) is -2.80. The molecule has 140 valence electrons. The van der Waals surface area contributed by atoms with Crippen LogP contribution in [-0.2, 0) is 22.3 Å². The van der Waals surface area contributed by atoms with Crippen molar-refractivity contribution in [3.63, 3.8) is 0 Å². The Bertz CT molecular complexity index is 905. The summed E-state index contributed by atoms with van der Waals surface area (Å²) in [4.78, 5) is 22.5. The summed E-state index contributed by atoms with van der Waals surface area (Å²) >= 11 is 0. The lowest BCUT2D eigenvalue weighted by Crippen LogP contribution is -2.18. The van der Waals surface area contributed by atoms with Gasteiger partial charge in [0.05, 0.1) is 22.1 Å². The highest BCUT2D eigenvalue weighted by atomic mass is 19.4. The normalized spacial score (nSPS) is 12.1. The quantitative estimate of drug-likeness (QED) is 0.440. The Hall–Kier alpha value is -3.41. The van der Waals surface area contributed by atoms with Gasteiger partial charge in [0.15, 0.2) is 5.92 Å². The lowest BCUT2D eigenvalue weighted by atomic mass is 9.92. The highest BCUT2D eigenvalue weighted by molar-refractivity contribution is 5.83. The number of esters is 1. The van der Waals surface area contributed by atoms with Crippen LogP contribution in [0.4, 0.5) is 18.9 Å². The minimum Gasteiger partial charge on any atom is -0.460 e. The summed E-state index contributed by atoms with van der Waals surface area (Å²) in [6.45, 7) is 0.998. The summed E-state index contributed by atoms with van der Waals surface area (Å²) in [5.41, 5.74) is -2.16. The van der Waals surface area contributed by atoms with E-state index in [1.165, 1.54) is 6.92 Å². The van der Waals surface area contributed by atoms with Crippen molar-refractivity contribution in [2.75, 3.05) is 0 Å². The molecule has 0 fully saturated rings. The molecule has 1 unspecified atom stereocenters. The highest BCUT2D eigenvalue weighted by Crippen LogP contribution is 2.38. The number of hydrogen-bond donors (Lipinski definition) is 0. The average molecular weight is 378 g/mol. The molecule has 0 amide bonds. The van der Waals surface area contributed by atoms with Crippen LogP contribution in [0, 0.1) is 28.4 Å². The monoisotopic (exact) mass is 378 g/mol. The number of nitriles is 1. The Labute approximate surface area is 151 Å². The Morgan fingerprint density at radius 2 is 1.93 bits per heavy atom. The van der Waals surface area contributed by atoms with E-state index in [4.69, 9.17) is 4.74 Å². The number of benzene rings is 2. The largest absolute Gasteiger partial charge is 0.460 e. The lowest BCUT2D eigenvalue weighted by molar-refractivity contribution is -0.385. The molecule has 1 atom stereocenters. The standard InChI is InChI=1S/C18H13F3N2O4/c1-11-7-13(18(19,20)21)8-15(23(25)26)16(11)14(9-22)17(24)27-10-12-5-3-2-4-6-12/h2-8,14H,10H2,1H3. The third-order valence-electron chi connectivity index (χ3n) is 3.77. The van der Waals surface area contributed by atoms with Gasteiger partial charge in [0.2, 0.25) is 0 Å². The van der Waals surface area contributed by atoms with Crippen LogP contribution < -0.4 is 0 Å². The number of alkyl halides is 3. The van der Waals surface area contributed by atoms with Crippen LogP contribution >= 0.6 is 0 Å². The smallest absolute Gasteiger partial charge is 0.416 e. The van der Waals surface area contributed by atoms with Gasteiger partial charge in [-0.1, -0.05) is 30.3 Å². The second-order valence-corrected chi connectivity index (χ2v) is 5.64. The Kier molecular flexibility index (Phi) is 5.80. The third-order valence-corrected chi connectivity index (χ3v) is 3.77. The molecule has 0 aromatic heterocycles. The van der Waals surface area contributed by atoms with Crippen molar-refractivity contribution in [2.45, 2.75) is 25.6 Å². The van der Waals surface area contributed by atoms with E-state index < -0.39 is 39.8 Å². The van der Waals surface area contributed by atoms with E-state index in [1.807, 2.05) is 0 Å². The second-order valence-electron chi connectivity index (χ2n) is 5.64. The van der Waals surface area contributed by atoms with Crippen LogP contribution in [-0.4, -0.2) is 10.9 Å². The summed E-state index contributed by atoms with van der Waals surface area (Å²) in [5, 5.41) is 20.6. The molecule has 0 spiro atoms. The van der Waals surface area contributed by atoms with Crippen LogP contribution in [0.15, 0.2) is 42.5 Å². The van der Waals surface area contributed by atoms with Crippen molar-refractivity contribution in [1.29, 1.82) is 5.26 Å². The molecule has 0 aliphatic rings. The van der Waals surface area contributed by atoms with Gasteiger partial charge in [-0.2, -0.15) is 18.4 Å². The van der Waals surface area contributed by atoms with Crippen LogP contribution in [0.25, 0.3) is 0 Å². The van der Waals surface area contributed by atoms with E-state index in [0.29, 0.717) is 17.7 Å². The molecule has 2 aromatic carbocycles. The molecule has 0 saturated heterocycles. The van der Waals surface area contributed by atoms with Gasteiger partial charge >= 0.3 is 12.1 Å². The molecule has 9 heteroatoms. The molecular weight excluding hydrogens is 365 g/mol. The van der Waals surface area contributed by atoms with Gasteiger partial charge in [0.1, 0.15) is 6.61 Å². The maximum absolute atomic E-state index is 12.9. The van der Waals surface area contributed by atoms with Crippen molar-refractivity contribution in [2.24, 2.45) is 0 Å². The van der Waals surface area contributed by atoms with Gasteiger partial charge in [0, 0.05) is 6.07 Å². The molecule has 0 bridgehead atoms. The Morgan fingerprint density at radius 1 is 1.30 bits per heavy atom. The molecule has 2 rings (SSSR count). The fraction of sp³-hybridized carbons (Fsp3) is 0.222. The first-order valence-electron chi connectivity index (χ1n) is 7.61. The minimum atomic E-state index is -4.80. The number of nitrogens with zero attached hydrogens (tertiary/aromatic N) is 2. The molecule has 0 N–H and O–H groups in total. The fourth-order valence-electron chi connectivity index (χ4n) is 2.52. The molecule has 0 aliphatic heterocycles. The van der Waals surface area contributed by atoms with Crippen LogP contribution in [0.1, 0.15) is 28.2 Å². The summed E-state index contributed by atoms with van der Waals surface area (Å²) in [6, 6.07) is 11.1. The summed E-state index contributed by atoms with van der Waals surface area (Å²) in [6.07, 6.45) is -4.80. The molecule has 6 nitrogen and oxygen atoms in total. The van der Waals surface area contributed by atoms with Crippen LogP contribution in [0.5, 0.6) is 0 Å². The first kappa shape index (κ1) is 19.9. The van der Waals surface area contributed by atoms with Crippen molar-refractivity contribution >= 4 is 11.7 Å². The van der Waals surface area contributed by atoms with Crippen molar-refractivity contribution in [3.8, 4) is 6.07 Å². The number of aryl methyl sites for hydroxylation is 1. The van der Waals surface area contributed by atoms with Gasteiger partial charge in [0.25, 0.3) is 5.69 Å². The molecule has 0 aliphatic carbocycles. The number of nitro groups is 1. The zero-order valence-corrected chi connectivity index (χ0v) is 14.0. The number of rotatable bonds is 5. The molecular formula is C18H13F3N2O4. The van der Waals surface area contributed by atoms with Gasteiger partial charge in [-0.25, -0.2) is 0 Å². The first-order valence-corrected chi connectivity index (χ1v) is 7.61. The van der Waals surface area contributed by atoms with E-state index in [-0.39, 0.29) is 12.2 Å². The van der Waals surface area contributed by atoms with Gasteiger partial charge in [-0.05, 0) is 24.1 Å². The molecule has 2 aromatic rings. The maximum atomic E-state index is 12.9. The van der Waals surface area contributed by atoms with Crippen LogP contribution in [0.3, 0.4) is 0 Å². The van der Waals surface area contributed by atoms with E-state index in [9.17, 15) is 33.3 Å². The summed E-state index contributed by atoms with van der Waals surface area (Å²) in [7, 11) is 0. The van der Waals surface area contributed by atoms with Gasteiger partial charge in [-0.15, -0.1) is 0 Å². The van der Waals surface area contributed by atoms with Gasteiger partial charge < -0.3 is 4.74 Å². The average Bonchev–Trinajstić information content (AvgIpc) is 2.61. The predicted octanol–water partition coefficient (Wildman–Crippen LogP) is 4.27.